The van der Waals surface area contributed by atoms with Gasteiger partial charge in [-0.3, -0.25) is 10.1 Å². The fraction of sp³-hybridized carbons (Fsp3) is 0.100. The van der Waals surface area contributed by atoms with Crippen LogP contribution in [0, 0.1) is 35.3 Å². The van der Waals surface area contributed by atoms with Crippen LogP contribution in [0.4, 0.5) is 11.5 Å². The number of nitrogens with zero attached hydrogens (tertiary/aromatic N) is 3. The molecule has 0 amide bonds. The van der Waals surface area contributed by atoms with Crippen molar-refractivity contribution in [3.63, 3.8) is 0 Å². The number of nitriles is 1. The zero-order valence-corrected chi connectivity index (χ0v) is 14.4. The Morgan fingerprint density at radius 1 is 1.12 bits per heavy atom. The standard InChI is InChI=1S/C20H16N4O2/c1-12-6-7-16(13(2)8-12)19-10-17(18(11-21)20(22)23-19)14-4-3-5-15(9-14)24(25)26/h3-10H,1-2H3,(H2,22,23). The van der Waals surface area contributed by atoms with Gasteiger partial charge in [-0.2, -0.15) is 5.26 Å². The number of nitrogen functional groups attached to an aromatic ring is 1. The molecular formula is C20H16N4O2. The first kappa shape index (κ1) is 17.1. The number of nitro groups is 1. The van der Waals surface area contributed by atoms with Crippen LogP contribution in [0.3, 0.4) is 0 Å². The molecule has 0 atom stereocenters. The average molecular weight is 344 g/mol. The first-order valence-electron chi connectivity index (χ1n) is 7.94. The third-order valence-corrected chi connectivity index (χ3v) is 4.19. The van der Waals surface area contributed by atoms with Crippen LogP contribution in [0.25, 0.3) is 22.4 Å². The number of hydrogen-bond acceptors (Lipinski definition) is 5. The molecule has 0 aliphatic heterocycles. The van der Waals surface area contributed by atoms with Gasteiger partial charge in [0.1, 0.15) is 17.5 Å². The summed E-state index contributed by atoms with van der Waals surface area (Å²) in [5.41, 5.74) is 10.9. The van der Waals surface area contributed by atoms with Crippen molar-refractivity contribution in [3.8, 4) is 28.5 Å². The number of aromatic nitrogens is 1. The van der Waals surface area contributed by atoms with Crippen molar-refractivity contribution < 1.29 is 4.92 Å². The quantitative estimate of drug-likeness (QED) is 0.560. The highest BCUT2D eigenvalue weighted by Gasteiger charge is 2.16. The molecule has 0 saturated heterocycles. The van der Waals surface area contributed by atoms with E-state index in [-0.39, 0.29) is 17.1 Å². The van der Waals surface area contributed by atoms with Crippen LogP contribution in [0.2, 0.25) is 0 Å². The summed E-state index contributed by atoms with van der Waals surface area (Å²) in [6, 6.07) is 15.9. The van der Waals surface area contributed by atoms with Gasteiger partial charge in [0, 0.05) is 23.3 Å². The van der Waals surface area contributed by atoms with E-state index in [1.54, 1.807) is 18.2 Å². The molecule has 1 aromatic heterocycles. The van der Waals surface area contributed by atoms with E-state index in [1.807, 2.05) is 32.0 Å². The van der Waals surface area contributed by atoms with Gasteiger partial charge in [0.25, 0.3) is 5.69 Å². The molecule has 6 nitrogen and oxygen atoms in total. The molecule has 6 heteroatoms. The normalized spacial score (nSPS) is 10.3. The van der Waals surface area contributed by atoms with E-state index in [0.29, 0.717) is 16.8 Å². The van der Waals surface area contributed by atoms with Crippen molar-refractivity contribution in [1.29, 1.82) is 5.26 Å². The summed E-state index contributed by atoms with van der Waals surface area (Å²) in [7, 11) is 0. The largest absolute Gasteiger partial charge is 0.383 e. The highest BCUT2D eigenvalue weighted by atomic mass is 16.6. The summed E-state index contributed by atoms with van der Waals surface area (Å²) in [6.45, 7) is 3.98. The molecule has 26 heavy (non-hydrogen) atoms. The smallest absolute Gasteiger partial charge is 0.270 e. The summed E-state index contributed by atoms with van der Waals surface area (Å²) in [5, 5.41) is 20.6. The van der Waals surface area contributed by atoms with Gasteiger partial charge in [-0.05, 0) is 31.0 Å². The Morgan fingerprint density at radius 2 is 1.88 bits per heavy atom. The number of nitrogens with two attached hydrogens (primary N) is 1. The Bertz CT molecular complexity index is 1070. The predicted octanol–water partition coefficient (Wildman–Crippen LogP) is 4.39. The summed E-state index contributed by atoms with van der Waals surface area (Å²) < 4.78 is 0. The van der Waals surface area contributed by atoms with Crippen LogP contribution in [-0.2, 0) is 0 Å². The van der Waals surface area contributed by atoms with Crippen molar-refractivity contribution in [2.45, 2.75) is 13.8 Å². The lowest BCUT2D eigenvalue weighted by atomic mass is 9.96. The van der Waals surface area contributed by atoms with Crippen LogP contribution in [0.5, 0.6) is 0 Å². The van der Waals surface area contributed by atoms with Gasteiger partial charge in [0.15, 0.2) is 0 Å². The second-order valence-electron chi connectivity index (χ2n) is 6.05. The van der Waals surface area contributed by atoms with Crippen LogP contribution in [0.1, 0.15) is 16.7 Å². The number of nitro benzene ring substituents is 1. The van der Waals surface area contributed by atoms with E-state index in [9.17, 15) is 15.4 Å². The Balaban J connectivity index is 2.25. The molecule has 0 aliphatic carbocycles. The topological polar surface area (TPSA) is 106 Å². The molecule has 3 aromatic rings. The summed E-state index contributed by atoms with van der Waals surface area (Å²) >= 11 is 0. The Morgan fingerprint density at radius 3 is 2.54 bits per heavy atom. The number of rotatable bonds is 3. The van der Waals surface area contributed by atoms with Crippen LogP contribution < -0.4 is 5.73 Å². The minimum atomic E-state index is -0.467. The Labute approximate surface area is 150 Å². The SMILES string of the molecule is Cc1ccc(-c2cc(-c3cccc([N+](=O)[O-])c3)c(C#N)c(N)n2)c(C)c1. The van der Waals surface area contributed by atoms with E-state index in [0.717, 1.165) is 16.7 Å². The van der Waals surface area contributed by atoms with E-state index in [2.05, 4.69) is 11.1 Å². The lowest BCUT2D eigenvalue weighted by Gasteiger charge is -2.12. The number of anilines is 1. The lowest BCUT2D eigenvalue weighted by molar-refractivity contribution is -0.384. The molecule has 0 fully saturated rings. The van der Waals surface area contributed by atoms with Crippen LogP contribution in [-0.4, -0.2) is 9.91 Å². The van der Waals surface area contributed by atoms with E-state index >= 15 is 0 Å². The van der Waals surface area contributed by atoms with Crippen LogP contribution in [0.15, 0.2) is 48.5 Å². The lowest BCUT2D eigenvalue weighted by Crippen LogP contribution is -2.00. The van der Waals surface area contributed by atoms with Gasteiger partial charge in [-0.25, -0.2) is 4.98 Å². The minimum absolute atomic E-state index is 0.0464. The van der Waals surface area contributed by atoms with Gasteiger partial charge in [0.2, 0.25) is 0 Å². The molecule has 0 bridgehead atoms. The molecule has 0 aliphatic rings. The third kappa shape index (κ3) is 3.10. The van der Waals surface area contributed by atoms with E-state index in [1.165, 1.54) is 12.1 Å². The number of pyridine rings is 1. The first-order valence-corrected chi connectivity index (χ1v) is 7.94. The number of benzene rings is 2. The van der Waals surface area contributed by atoms with Gasteiger partial charge in [0.05, 0.1) is 10.6 Å². The minimum Gasteiger partial charge on any atom is -0.383 e. The maximum Gasteiger partial charge on any atom is 0.270 e. The molecule has 0 spiro atoms. The van der Waals surface area contributed by atoms with Gasteiger partial charge in [-0.15, -0.1) is 0 Å². The van der Waals surface area contributed by atoms with E-state index in [4.69, 9.17) is 5.73 Å². The first-order chi connectivity index (χ1) is 12.4. The second-order valence-corrected chi connectivity index (χ2v) is 6.05. The van der Waals surface area contributed by atoms with Crippen molar-refractivity contribution in [2.24, 2.45) is 0 Å². The molecule has 2 N–H and O–H groups in total. The highest BCUT2D eigenvalue weighted by Crippen LogP contribution is 2.33. The zero-order valence-electron chi connectivity index (χ0n) is 14.4. The van der Waals surface area contributed by atoms with Gasteiger partial charge in [-0.1, -0.05) is 35.9 Å². The van der Waals surface area contributed by atoms with Crippen LogP contribution >= 0.6 is 0 Å². The molecule has 0 unspecified atom stereocenters. The molecular weight excluding hydrogens is 328 g/mol. The highest BCUT2D eigenvalue weighted by molar-refractivity contribution is 5.81. The molecule has 0 radical (unpaired) electrons. The Hall–Kier alpha value is -3.72. The molecule has 128 valence electrons. The van der Waals surface area contributed by atoms with Gasteiger partial charge < -0.3 is 5.73 Å². The van der Waals surface area contributed by atoms with E-state index < -0.39 is 4.92 Å². The second kappa shape index (κ2) is 6.65. The van der Waals surface area contributed by atoms with Crippen molar-refractivity contribution in [2.75, 3.05) is 5.73 Å². The van der Waals surface area contributed by atoms with Gasteiger partial charge >= 0.3 is 0 Å². The summed E-state index contributed by atoms with van der Waals surface area (Å²) in [4.78, 5) is 15.0. The fourth-order valence-corrected chi connectivity index (χ4v) is 2.94. The number of non-ortho nitro benzene ring substituents is 1. The monoisotopic (exact) mass is 344 g/mol. The molecule has 3 rings (SSSR count). The third-order valence-electron chi connectivity index (χ3n) is 4.19. The molecule has 0 saturated carbocycles. The zero-order chi connectivity index (χ0) is 18.8. The summed E-state index contributed by atoms with van der Waals surface area (Å²) in [6.07, 6.45) is 0. The average Bonchev–Trinajstić information content (AvgIpc) is 2.61. The van der Waals surface area contributed by atoms with Crippen molar-refractivity contribution in [3.05, 3.63) is 75.3 Å². The number of aryl methyl sites for hydroxylation is 2. The maximum atomic E-state index is 11.1. The van der Waals surface area contributed by atoms with Crippen molar-refractivity contribution >= 4 is 11.5 Å². The fourth-order valence-electron chi connectivity index (χ4n) is 2.94. The predicted molar refractivity (Wildman–Crippen MR) is 100 cm³/mol. The van der Waals surface area contributed by atoms with Crippen molar-refractivity contribution in [1.82, 2.24) is 4.98 Å². The molecule has 2 aromatic carbocycles. The molecule has 1 heterocycles. The maximum absolute atomic E-state index is 11.1. The summed E-state index contributed by atoms with van der Waals surface area (Å²) in [5.74, 6) is 0.103. The Kier molecular flexibility index (Phi) is 4.38. The number of hydrogen-bond donors (Lipinski definition) is 1.